The first-order chi connectivity index (χ1) is 13.2. The van der Waals surface area contributed by atoms with E-state index in [0.717, 1.165) is 10.2 Å². The molecule has 0 unspecified atom stereocenters. The van der Waals surface area contributed by atoms with E-state index in [1.165, 1.54) is 10.7 Å². The fraction of sp³-hybridized carbons (Fsp3) is 0.188. The molecule has 0 aliphatic rings. The topological polar surface area (TPSA) is 108 Å². The first kappa shape index (κ1) is 20.1. The molecule has 3 aromatic rings. The normalized spacial score (nSPS) is 10.9. The third-order valence-corrected chi connectivity index (χ3v) is 4.68. The van der Waals surface area contributed by atoms with Gasteiger partial charge < -0.3 is 15.4 Å². The Morgan fingerprint density at radius 2 is 1.93 bits per heavy atom. The van der Waals surface area contributed by atoms with Gasteiger partial charge in [-0.05, 0) is 29.5 Å². The van der Waals surface area contributed by atoms with Crippen LogP contribution in [0.3, 0.4) is 0 Å². The predicted octanol–water partition coefficient (Wildman–Crippen LogP) is 3.94. The number of halogens is 3. The summed E-state index contributed by atoms with van der Waals surface area (Å²) in [6.07, 6.45) is 1.54. The SMILES string of the molecule is Cc1cc([N+](=O)[O-])n(CC(=O)Nc2nn(Cc3ccc(Cl)c(Cl)c3)cc2Cl)n1. The van der Waals surface area contributed by atoms with Gasteiger partial charge in [0.05, 0.1) is 28.4 Å². The number of nitrogens with zero attached hydrogens (tertiary/aromatic N) is 5. The molecule has 0 saturated heterocycles. The molecule has 146 valence electrons. The van der Waals surface area contributed by atoms with Gasteiger partial charge in [0, 0.05) is 6.20 Å². The molecule has 0 fully saturated rings. The average Bonchev–Trinajstić information content (AvgIpc) is 3.13. The van der Waals surface area contributed by atoms with Crippen molar-refractivity contribution in [3.8, 4) is 0 Å². The van der Waals surface area contributed by atoms with E-state index < -0.39 is 10.8 Å². The van der Waals surface area contributed by atoms with Crippen molar-refractivity contribution in [2.75, 3.05) is 5.32 Å². The quantitative estimate of drug-likeness (QED) is 0.458. The molecule has 1 aromatic carbocycles. The summed E-state index contributed by atoms with van der Waals surface area (Å²) in [5, 5.41) is 22.8. The third-order valence-electron chi connectivity index (χ3n) is 3.66. The van der Waals surface area contributed by atoms with Crippen LogP contribution in [0.15, 0.2) is 30.5 Å². The first-order valence-electron chi connectivity index (χ1n) is 7.88. The number of amides is 1. The largest absolute Gasteiger partial charge is 0.358 e. The Labute approximate surface area is 173 Å². The molecule has 12 heteroatoms. The second-order valence-electron chi connectivity index (χ2n) is 5.88. The molecule has 0 aliphatic heterocycles. The number of nitro groups is 1. The maximum absolute atomic E-state index is 12.2. The van der Waals surface area contributed by atoms with Crippen molar-refractivity contribution in [2.45, 2.75) is 20.0 Å². The van der Waals surface area contributed by atoms with Gasteiger partial charge in [0.15, 0.2) is 12.4 Å². The molecule has 0 atom stereocenters. The summed E-state index contributed by atoms with van der Waals surface area (Å²) in [7, 11) is 0. The molecule has 0 aliphatic carbocycles. The molecule has 0 saturated carbocycles. The molecule has 2 aromatic heterocycles. The van der Waals surface area contributed by atoms with Crippen molar-refractivity contribution >= 4 is 52.3 Å². The Hall–Kier alpha value is -2.62. The maximum Gasteiger partial charge on any atom is 0.345 e. The molecule has 0 radical (unpaired) electrons. The molecule has 9 nitrogen and oxygen atoms in total. The summed E-state index contributed by atoms with van der Waals surface area (Å²) < 4.78 is 2.53. The summed E-state index contributed by atoms with van der Waals surface area (Å²) in [4.78, 5) is 22.6. The lowest BCUT2D eigenvalue weighted by molar-refractivity contribution is -0.392. The smallest absolute Gasteiger partial charge is 0.345 e. The Kier molecular flexibility index (Phi) is 5.87. The summed E-state index contributed by atoms with van der Waals surface area (Å²) in [6, 6.07) is 6.45. The zero-order valence-electron chi connectivity index (χ0n) is 14.4. The summed E-state index contributed by atoms with van der Waals surface area (Å²) >= 11 is 18.0. The van der Waals surface area contributed by atoms with Gasteiger partial charge in [-0.25, -0.2) is 0 Å². The average molecular weight is 444 g/mol. The van der Waals surface area contributed by atoms with E-state index >= 15 is 0 Å². The molecule has 0 spiro atoms. The van der Waals surface area contributed by atoms with E-state index in [2.05, 4.69) is 15.5 Å². The lowest BCUT2D eigenvalue weighted by Gasteiger charge is -2.04. The second-order valence-corrected chi connectivity index (χ2v) is 7.10. The fourth-order valence-corrected chi connectivity index (χ4v) is 3.01. The Morgan fingerprint density at radius 1 is 1.18 bits per heavy atom. The van der Waals surface area contributed by atoms with Crippen LogP contribution in [0, 0.1) is 17.0 Å². The van der Waals surface area contributed by atoms with E-state index in [-0.39, 0.29) is 23.2 Å². The standard InChI is InChI=1S/C16H13Cl3N6O3/c1-9-4-15(25(27)28)24(21-9)8-14(26)20-16-13(19)7-23(22-16)6-10-2-3-11(17)12(18)5-10/h2-5,7H,6,8H2,1H3,(H,20,22,26). The molecule has 3 rings (SSSR count). The van der Waals surface area contributed by atoms with Crippen molar-refractivity contribution in [3.63, 3.8) is 0 Å². The molecule has 1 N–H and O–H groups in total. The molecule has 1 amide bonds. The van der Waals surface area contributed by atoms with E-state index in [0.29, 0.717) is 22.3 Å². The van der Waals surface area contributed by atoms with Gasteiger partial charge in [0.2, 0.25) is 0 Å². The molecule has 28 heavy (non-hydrogen) atoms. The van der Waals surface area contributed by atoms with Crippen molar-refractivity contribution in [2.24, 2.45) is 0 Å². The van der Waals surface area contributed by atoms with E-state index in [9.17, 15) is 14.9 Å². The van der Waals surface area contributed by atoms with Gasteiger partial charge in [-0.15, -0.1) is 4.68 Å². The van der Waals surface area contributed by atoms with Crippen LogP contribution in [0.2, 0.25) is 15.1 Å². The first-order valence-corrected chi connectivity index (χ1v) is 9.02. The number of aryl methyl sites for hydroxylation is 1. The van der Waals surface area contributed by atoms with Crippen molar-refractivity contribution in [3.05, 3.63) is 66.9 Å². The number of carbonyl (C=O) groups excluding carboxylic acids is 1. The number of hydrogen-bond donors (Lipinski definition) is 1. The van der Waals surface area contributed by atoms with Crippen LogP contribution >= 0.6 is 34.8 Å². The van der Waals surface area contributed by atoms with Gasteiger partial charge >= 0.3 is 5.82 Å². The van der Waals surface area contributed by atoms with E-state index in [1.54, 1.807) is 31.3 Å². The number of nitrogens with one attached hydrogen (secondary N) is 1. The molecular weight excluding hydrogens is 431 g/mol. The lowest BCUT2D eigenvalue weighted by atomic mass is 10.2. The van der Waals surface area contributed by atoms with Crippen LogP contribution in [-0.4, -0.2) is 30.4 Å². The number of aromatic nitrogens is 4. The minimum atomic E-state index is -0.605. The van der Waals surface area contributed by atoms with Gasteiger partial charge in [-0.3, -0.25) is 9.48 Å². The van der Waals surface area contributed by atoms with Gasteiger partial charge in [0.1, 0.15) is 5.02 Å². The van der Waals surface area contributed by atoms with Crippen molar-refractivity contribution in [1.82, 2.24) is 19.6 Å². The molecule has 2 heterocycles. The van der Waals surface area contributed by atoms with E-state index in [1.807, 2.05) is 0 Å². The highest BCUT2D eigenvalue weighted by Crippen LogP contribution is 2.24. The zero-order chi connectivity index (χ0) is 20.4. The van der Waals surface area contributed by atoms with Crippen LogP contribution in [0.5, 0.6) is 0 Å². The highest BCUT2D eigenvalue weighted by molar-refractivity contribution is 6.42. The van der Waals surface area contributed by atoms with Gasteiger partial charge in [-0.2, -0.15) is 5.10 Å². The maximum atomic E-state index is 12.2. The monoisotopic (exact) mass is 442 g/mol. The molecular formula is C16H13Cl3N6O3. The van der Waals surface area contributed by atoms with Crippen LogP contribution in [0.4, 0.5) is 11.6 Å². The van der Waals surface area contributed by atoms with Crippen molar-refractivity contribution < 1.29 is 9.72 Å². The summed E-state index contributed by atoms with van der Waals surface area (Å²) in [6.45, 7) is 1.61. The predicted molar refractivity (Wildman–Crippen MR) is 105 cm³/mol. The van der Waals surface area contributed by atoms with Crippen LogP contribution in [-0.2, 0) is 17.9 Å². The lowest BCUT2D eigenvalue weighted by Crippen LogP contribution is -2.21. The Morgan fingerprint density at radius 3 is 2.61 bits per heavy atom. The summed E-state index contributed by atoms with van der Waals surface area (Å²) in [5.74, 6) is -0.685. The Balaban J connectivity index is 1.70. The number of hydrogen-bond acceptors (Lipinski definition) is 5. The highest BCUT2D eigenvalue weighted by Gasteiger charge is 2.20. The number of benzene rings is 1. The zero-order valence-corrected chi connectivity index (χ0v) is 16.7. The van der Waals surface area contributed by atoms with Crippen LogP contribution in [0.1, 0.15) is 11.3 Å². The number of rotatable bonds is 6. The minimum absolute atomic E-state index is 0.137. The fourth-order valence-electron chi connectivity index (χ4n) is 2.49. The van der Waals surface area contributed by atoms with Gasteiger partial charge in [0.25, 0.3) is 5.91 Å². The van der Waals surface area contributed by atoms with E-state index in [4.69, 9.17) is 34.8 Å². The number of carbonyl (C=O) groups is 1. The second kappa shape index (κ2) is 8.17. The third kappa shape index (κ3) is 4.61. The highest BCUT2D eigenvalue weighted by atomic mass is 35.5. The van der Waals surface area contributed by atoms with Crippen LogP contribution < -0.4 is 5.32 Å². The van der Waals surface area contributed by atoms with Crippen molar-refractivity contribution in [1.29, 1.82) is 0 Å². The number of anilines is 1. The summed E-state index contributed by atoms with van der Waals surface area (Å²) in [5.41, 5.74) is 1.28. The van der Waals surface area contributed by atoms with Crippen LogP contribution in [0.25, 0.3) is 0 Å². The molecule has 0 bridgehead atoms. The Bertz CT molecular complexity index is 1060. The van der Waals surface area contributed by atoms with Gasteiger partial charge in [-0.1, -0.05) is 46.0 Å². The minimum Gasteiger partial charge on any atom is -0.358 e.